The highest BCUT2D eigenvalue weighted by atomic mass is 16.5. The zero-order chi connectivity index (χ0) is 24.5. The molecule has 0 aliphatic carbocycles. The second kappa shape index (κ2) is 12.3. The third-order valence-corrected chi connectivity index (χ3v) is 5.82. The van der Waals surface area contributed by atoms with E-state index in [-0.39, 0.29) is 30.3 Å². The lowest BCUT2D eigenvalue weighted by Gasteiger charge is -2.32. The van der Waals surface area contributed by atoms with Gasteiger partial charge in [-0.15, -0.1) is 0 Å². The quantitative estimate of drug-likeness (QED) is 0.470. The Bertz CT molecular complexity index is 921. The van der Waals surface area contributed by atoms with Crippen LogP contribution in [0.15, 0.2) is 34.7 Å². The maximum atomic E-state index is 13.4. The van der Waals surface area contributed by atoms with Crippen molar-refractivity contribution in [3.63, 3.8) is 0 Å². The number of benzene rings is 1. The molecule has 0 radical (unpaired) electrons. The summed E-state index contributed by atoms with van der Waals surface area (Å²) in [5.74, 6) is 2.56. The van der Waals surface area contributed by atoms with Gasteiger partial charge >= 0.3 is 0 Å². The van der Waals surface area contributed by atoms with Gasteiger partial charge in [-0.05, 0) is 56.5 Å². The molecule has 2 aromatic rings. The fourth-order valence-corrected chi connectivity index (χ4v) is 3.60. The molecule has 182 valence electrons. The molecular weight excluding hydrogens is 420 g/mol. The van der Waals surface area contributed by atoms with Crippen LogP contribution >= 0.6 is 0 Å². The molecule has 0 saturated heterocycles. The summed E-state index contributed by atoms with van der Waals surface area (Å²) < 4.78 is 16.5. The minimum atomic E-state index is -0.167. The highest BCUT2D eigenvalue weighted by molar-refractivity contribution is 5.86. The Morgan fingerprint density at radius 3 is 2.27 bits per heavy atom. The van der Waals surface area contributed by atoms with Gasteiger partial charge in [0.1, 0.15) is 18.1 Å². The summed E-state index contributed by atoms with van der Waals surface area (Å²) in [7, 11) is 3.21. The fraction of sp³-hybridized carbons (Fsp3) is 0.538. The number of furan rings is 1. The van der Waals surface area contributed by atoms with Crippen LogP contribution in [0.1, 0.15) is 51.2 Å². The fourth-order valence-electron chi connectivity index (χ4n) is 3.60. The minimum absolute atomic E-state index is 0.00798. The van der Waals surface area contributed by atoms with E-state index >= 15 is 0 Å². The number of rotatable bonds is 12. The first kappa shape index (κ1) is 26.3. The molecule has 33 heavy (non-hydrogen) atoms. The normalized spacial score (nSPS) is 11.9. The third-order valence-electron chi connectivity index (χ3n) is 5.82. The average Bonchev–Trinajstić information content (AvgIpc) is 3.23. The van der Waals surface area contributed by atoms with Gasteiger partial charge in [0.15, 0.2) is 11.5 Å². The summed E-state index contributed by atoms with van der Waals surface area (Å²) in [4.78, 5) is 29.6. The van der Waals surface area contributed by atoms with Gasteiger partial charge in [0.05, 0.1) is 20.8 Å². The number of amides is 2. The molecule has 2 amide bonds. The van der Waals surface area contributed by atoms with Crippen molar-refractivity contribution in [1.82, 2.24) is 9.80 Å². The summed E-state index contributed by atoms with van der Waals surface area (Å²) in [6.07, 6.45) is 1.42. The Balaban J connectivity index is 2.22. The van der Waals surface area contributed by atoms with Gasteiger partial charge in [-0.1, -0.05) is 26.8 Å². The molecule has 0 saturated carbocycles. The lowest BCUT2D eigenvalue weighted by Crippen LogP contribution is -2.48. The van der Waals surface area contributed by atoms with Crippen molar-refractivity contribution in [2.24, 2.45) is 5.92 Å². The summed E-state index contributed by atoms with van der Waals surface area (Å²) in [6, 6.07) is 9.52. The molecule has 0 aliphatic rings. The van der Waals surface area contributed by atoms with E-state index < -0.39 is 0 Å². The van der Waals surface area contributed by atoms with Crippen molar-refractivity contribution in [2.75, 3.05) is 27.3 Å². The zero-order valence-corrected chi connectivity index (χ0v) is 21.0. The van der Waals surface area contributed by atoms with Gasteiger partial charge in [0.2, 0.25) is 11.8 Å². The number of carbonyl (C=O) groups is 2. The number of hydrogen-bond acceptors (Lipinski definition) is 5. The van der Waals surface area contributed by atoms with Crippen LogP contribution in [0.5, 0.6) is 11.5 Å². The second-order valence-electron chi connectivity index (χ2n) is 8.65. The Hall–Kier alpha value is -2.96. The van der Waals surface area contributed by atoms with Crippen LogP contribution < -0.4 is 9.47 Å². The van der Waals surface area contributed by atoms with Gasteiger partial charge in [0, 0.05) is 18.5 Å². The van der Waals surface area contributed by atoms with Crippen molar-refractivity contribution < 1.29 is 23.5 Å². The number of nitrogens with zero attached hydrogens (tertiary/aromatic N) is 2. The van der Waals surface area contributed by atoms with Crippen LogP contribution in [0, 0.1) is 12.8 Å². The van der Waals surface area contributed by atoms with Crippen molar-refractivity contribution in [1.29, 1.82) is 0 Å². The Labute approximate surface area is 197 Å². The highest BCUT2D eigenvalue weighted by Crippen LogP contribution is 2.28. The summed E-state index contributed by atoms with van der Waals surface area (Å²) >= 11 is 0. The number of ether oxygens (including phenoxy) is 2. The molecule has 0 aliphatic heterocycles. The minimum Gasteiger partial charge on any atom is -0.493 e. The van der Waals surface area contributed by atoms with E-state index in [1.54, 1.807) is 24.0 Å². The molecule has 1 aromatic heterocycles. The van der Waals surface area contributed by atoms with Gasteiger partial charge < -0.3 is 23.7 Å². The van der Waals surface area contributed by atoms with Crippen LogP contribution in [0.4, 0.5) is 0 Å². The van der Waals surface area contributed by atoms with Crippen LogP contribution in [0.2, 0.25) is 0 Å². The zero-order valence-electron chi connectivity index (χ0n) is 21.0. The van der Waals surface area contributed by atoms with E-state index in [0.717, 1.165) is 23.5 Å². The van der Waals surface area contributed by atoms with E-state index in [9.17, 15) is 9.59 Å². The van der Waals surface area contributed by atoms with E-state index in [2.05, 4.69) is 0 Å². The molecule has 0 unspecified atom stereocenters. The van der Waals surface area contributed by atoms with Crippen LogP contribution in [-0.2, 0) is 22.6 Å². The van der Waals surface area contributed by atoms with Crippen molar-refractivity contribution in [3.05, 3.63) is 47.4 Å². The third kappa shape index (κ3) is 7.27. The molecule has 2 rings (SSSR count). The first-order chi connectivity index (χ1) is 15.7. The molecule has 1 atom stereocenters. The molecule has 7 heteroatoms. The maximum absolute atomic E-state index is 13.4. The smallest absolute Gasteiger partial charge is 0.242 e. The number of methoxy groups -OCH3 is 2. The predicted molar refractivity (Wildman–Crippen MR) is 128 cm³/mol. The van der Waals surface area contributed by atoms with E-state index in [1.165, 1.54) is 0 Å². The molecule has 0 spiro atoms. The average molecular weight is 459 g/mol. The van der Waals surface area contributed by atoms with Crippen LogP contribution in [0.3, 0.4) is 0 Å². The molecule has 1 aromatic carbocycles. The van der Waals surface area contributed by atoms with Crippen molar-refractivity contribution in [3.8, 4) is 11.5 Å². The highest BCUT2D eigenvalue weighted by Gasteiger charge is 2.26. The molecule has 0 fully saturated rings. The van der Waals surface area contributed by atoms with Crippen molar-refractivity contribution in [2.45, 2.75) is 60.0 Å². The lowest BCUT2D eigenvalue weighted by atomic mass is 10.1. The van der Waals surface area contributed by atoms with Gasteiger partial charge in [-0.3, -0.25) is 9.59 Å². The van der Waals surface area contributed by atoms with E-state index in [4.69, 9.17) is 13.9 Å². The van der Waals surface area contributed by atoms with Crippen molar-refractivity contribution >= 4 is 11.8 Å². The van der Waals surface area contributed by atoms with E-state index in [1.807, 2.05) is 65.0 Å². The molecule has 0 bridgehead atoms. The standard InChI is InChI=1S/C26H38N2O5/c1-8-19(4)28(26(30)18(2)3)17-25(29)27(16-22-11-9-20(5)33-22)14-13-21-10-12-23(31-6)24(15-21)32-7/h9-12,15,18-19H,8,13-14,16-17H2,1-7H3/t19-/m0/s1. The number of carbonyl (C=O) groups excluding carboxylic acids is 2. The first-order valence-electron chi connectivity index (χ1n) is 11.5. The second-order valence-corrected chi connectivity index (χ2v) is 8.65. The van der Waals surface area contributed by atoms with Crippen LogP contribution in [-0.4, -0.2) is 55.0 Å². The van der Waals surface area contributed by atoms with E-state index in [0.29, 0.717) is 31.0 Å². The number of hydrogen-bond donors (Lipinski definition) is 0. The first-order valence-corrected chi connectivity index (χ1v) is 11.5. The largest absolute Gasteiger partial charge is 0.493 e. The van der Waals surface area contributed by atoms with Crippen LogP contribution in [0.25, 0.3) is 0 Å². The molecule has 7 nitrogen and oxygen atoms in total. The summed E-state index contributed by atoms with van der Waals surface area (Å²) in [6.45, 7) is 10.5. The maximum Gasteiger partial charge on any atom is 0.242 e. The Morgan fingerprint density at radius 1 is 1.03 bits per heavy atom. The summed E-state index contributed by atoms with van der Waals surface area (Å²) in [5.41, 5.74) is 1.03. The molecule has 0 N–H and O–H groups in total. The monoisotopic (exact) mass is 458 g/mol. The Morgan fingerprint density at radius 2 is 1.73 bits per heavy atom. The van der Waals surface area contributed by atoms with Gasteiger partial charge in [-0.2, -0.15) is 0 Å². The lowest BCUT2D eigenvalue weighted by molar-refractivity contribution is -0.144. The van der Waals surface area contributed by atoms with Gasteiger partial charge in [0.25, 0.3) is 0 Å². The summed E-state index contributed by atoms with van der Waals surface area (Å²) in [5, 5.41) is 0. The topological polar surface area (TPSA) is 72.2 Å². The predicted octanol–water partition coefficient (Wildman–Crippen LogP) is 4.46. The number of aryl methyl sites for hydroxylation is 1. The SMILES string of the molecule is CC[C@H](C)N(CC(=O)N(CCc1ccc(OC)c(OC)c1)Cc1ccc(C)o1)C(=O)C(C)C. The van der Waals surface area contributed by atoms with Gasteiger partial charge in [-0.25, -0.2) is 0 Å². The molecule has 1 heterocycles. The molecular formula is C26H38N2O5. The Kier molecular flexibility index (Phi) is 9.82.